The van der Waals surface area contributed by atoms with Crippen LogP contribution in [0.5, 0.6) is 11.5 Å². The van der Waals surface area contributed by atoms with Crippen molar-refractivity contribution >= 4 is 0 Å². The van der Waals surface area contributed by atoms with Crippen molar-refractivity contribution in [2.24, 2.45) is 0 Å². The molecule has 19 heavy (non-hydrogen) atoms. The minimum Gasteiger partial charge on any atom is -0.457 e. The molecule has 2 rings (SSSR count). The van der Waals surface area contributed by atoms with Crippen LogP contribution in [-0.4, -0.2) is 13.3 Å². The van der Waals surface area contributed by atoms with Crippen LogP contribution in [0.25, 0.3) is 0 Å². The van der Waals surface area contributed by atoms with Gasteiger partial charge in [0.1, 0.15) is 11.5 Å². The van der Waals surface area contributed by atoms with Crippen LogP contribution < -0.4 is 4.74 Å². The fraction of sp³-hybridized carbons (Fsp3) is 0.250. The minimum absolute atomic E-state index is 0.351. The van der Waals surface area contributed by atoms with Crippen LogP contribution in [0.4, 0.5) is 8.78 Å². The van der Waals surface area contributed by atoms with Crippen LogP contribution in [0.1, 0.15) is 11.1 Å². The summed E-state index contributed by atoms with van der Waals surface area (Å²) in [6.45, 7) is -0.702. The molecule has 0 saturated heterocycles. The first-order valence-corrected chi connectivity index (χ1v) is 6.29. The highest BCUT2D eigenvalue weighted by atomic mass is 19.1. The van der Waals surface area contributed by atoms with Gasteiger partial charge in [0.15, 0.2) is 0 Å². The van der Waals surface area contributed by atoms with Gasteiger partial charge in [0, 0.05) is 12.8 Å². The lowest BCUT2D eigenvalue weighted by Crippen LogP contribution is -1.89. The Labute approximate surface area is 111 Å². The molecule has 2 aromatic carbocycles. The van der Waals surface area contributed by atoms with Crippen LogP contribution in [0.2, 0.25) is 0 Å². The van der Waals surface area contributed by atoms with E-state index in [4.69, 9.17) is 4.74 Å². The maximum Gasteiger partial charge on any atom is 0.127 e. The second kappa shape index (κ2) is 6.88. The van der Waals surface area contributed by atoms with Gasteiger partial charge >= 0.3 is 0 Å². The molecule has 0 fully saturated rings. The van der Waals surface area contributed by atoms with Crippen molar-refractivity contribution in [3.8, 4) is 11.5 Å². The lowest BCUT2D eigenvalue weighted by Gasteiger charge is -2.07. The number of benzene rings is 2. The van der Waals surface area contributed by atoms with Crippen LogP contribution >= 0.6 is 0 Å². The van der Waals surface area contributed by atoms with Gasteiger partial charge in [-0.1, -0.05) is 24.3 Å². The highest BCUT2D eigenvalue weighted by Gasteiger charge is 1.99. The van der Waals surface area contributed by atoms with Crippen molar-refractivity contribution in [2.75, 3.05) is 13.3 Å². The van der Waals surface area contributed by atoms with Crippen LogP contribution in [-0.2, 0) is 12.8 Å². The van der Waals surface area contributed by atoms with E-state index < -0.39 is 0 Å². The van der Waals surface area contributed by atoms with Crippen molar-refractivity contribution in [3.63, 3.8) is 0 Å². The Morgan fingerprint density at radius 1 is 0.632 bits per heavy atom. The average Bonchev–Trinajstić information content (AvgIpc) is 2.44. The Morgan fingerprint density at radius 3 is 1.32 bits per heavy atom. The second-order valence-electron chi connectivity index (χ2n) is 4.27. The zero-order valence-corrected chi connectivity index (χ0v) is 10.6. The molecule has 0 radical (unpaired) electrons. The summed E-state index contributed by atoms with van der Waals surface area (Å²) in [5.41, 5.74) is 1.90. The standard InChI is InChI=1S/C16H16F2O/c17-11-9-13-1-5-15(6-2-13)19-16-7-3-14(4-8-16)10-12-18/h1-8H,9-12H2. The molecule has 0 aliphatic heterocycles. The molecule has 0 atom stereocenters. The van der Waals surface area contributed by atoms with E-state index in [0.717, 1.165) is 11.1 Å². The summed E-state index contributed by atoms with van der Waals surface area (Å²) in [6.07, 6.45) is 0.858. The smallest absolute Gasteiger partial charge is 0.127 e. The molecule has 100 valence electrons. The molecule has 2 aromatic rings. The number of rotatable bonds is 6. The molecule has 0 bridgehead atoms. The quantitative estimate of drug-likeness (QED) is 0.744. The number of halogens is 2. The third-order valence-corrected chi connectivity index (χ3v) is 2.85. The van der Waals surface area contributed by atoms with Gasteiger partial charge in [-0.05, 0) is 35.4 Å². The molecule has 0 aliphatic rings. The number of hydrogen-bond acceptors (Lipinski definition) is 1. The van der Waals surface area contributed by atoms with Gasteiger partial charge in [0.05, 0.1) is 13.3 Å². The summed E-state index contributed by atoms with van der Waals surface area (Å²) in [5.74, 6) is 1.42. The minimum atomic E-state index is -0.351. The topological polar surface area (TPSA) is 9.23 Å². The Kier molecular flexibility index (Phi) is 4.90. The molecule has 1 nitrogen and oxygen atoms in total. The molecular weight excluding hydrogens is 246 g/mol. The van der Waals surface area contributed by atoms with Crippen LogP contribution in [0.3, 0.4) is 0 Å². The van der Waals surface area contributed by atoms with Gasteiger partial charge in [-0.15, -0.1) is 0 Å². The Morgan fingerprint density at radius 2 is 1.00 bits per heavy atom. The van der Waals surface area contributed by atoms with E-state index in [1.807, 2.05) is 48.5 Å². The second-order valence-corrected chi connectivity index (χ2v) is 4.27. The largest absolute Gasteiger partial charge is 0.457 e. The van der Waals surface area contributed by atoms with Crippen LogP contribution in [0, 0.1) is 0 Å². The molecule has 0 heterocycles. The van der Waals surface area contributed by atoms with E-state index in [0.29, 0.717) is 24.3 Å². The van der Waals surface area contributed by atoms with Gasteiger partial charge in [-0.3, -0.25) is 8.78 Å². The highest BCUT2D eigenvalue weighted by Crippen LogP contribution is 2.22. The maximum atomic E-state index is 12.2. The third-order valence-electron chi connectivity index (χ3n) is 2.85. The molecule has 0 N–H and O–H groups in total. The molecule has 0 aromatic heterocycles. The fourth-order valence-corrected chi connectivity index (χ4v) is 1.80. The first kappa shape index (κ1) is 13.5. The fourth-order valence-electron chi connectivity index (χ4n) is 1.80. The van der Waals surface area contributed by atoms with E-state index in [-0.39, 0.29) is 13.3 Å². The molecule has 3 heteroatoms. The van der Waals surface area contributed by atoms with Crippen molar-refractivity contribution < 1.29 is 13.5 Å². The normalized spacial score (nSPS) is 10.4. The highest BCUT2D eigenvalue weighted by molar-refractivity contribution is 5.34. The molecule has 0 spiro atoms. The SMILES string of the molecule is FCCc1ccc(Oc2ccc(CCF)cc2)cc1. The van der Waals surface area contributed by atoms with Crippen LogP contribution in [0.15, 0.2) is 48.5 Å². The van der Waals surface area contributed by atoms with E-state index in [1.54, 1.807) is 0 Å². The lowest BCUT2D eigenvalue weighted by atomic mass is 10.1. The van der Waals surface area contributed by atoms with Crippen molar-refractivity contribution in [1.29, 1.82) is 0 Å². The summed E-state index contributed by atoms with van der Waals surface area (Å²) >= 11 is 0. The Bertz CT molecular complexity index is 444. The van der Waals surface area contributed by atoms with Gasteiger partial charge in [0.25, 0.3) is 0 Å². The maximum absolute atomic E-state index is 12.2. The molecular formula is C16H16F2O. The van der Waals surface area contributed by atoms with Crippen molar-refractivity contribution in [3.05, 3.63) is 59.7 Å². The predicted octanol–water partition coefficient (Wildman–Crippen LogP) is 4.50. The van der Waals surface area contributed by atoms with Crippen molar-refractivity contribution in [2.45, 2.75) is 12.8 Å². The summed E-state index contributed by atoms with van der Waals surface area (Å²) < 4.78 is 30.0. The monoisotopic (exact) mass is 262 g/mol. The van der Waals surface area contributed by atoms with Gasteiger partial charge in [-0.2, -0.15) is 0 Å². The van der Waals surface area contributed by atoms with E-state index in [1.165, 1.54) is 0 Å². The number of aryl methyl sites for hydroxylation is 2. The van der Waals surface area contributed by atoms with Gasteiger partial charge in [0.2, 0.25) is 0 Å². The number of ether oxygens (including phenoxy) is 1. The summed E-state index contributed by atoms with van der Waals surface area (Å²) in [6, 6.07) is 14.7. The molecule has 0 unspecified atom stereocenters. The Balaban J connectivity index is 1.99. The van der Waals surface area contributed by atoms with Crippen molar-refractivity contribution in [1.82, 2.24) is 0 Å². The number of alkyl halides is 2. The Hall–Kier alpha value is -1.90. The molecule has 0 amide bonds. The first-order chi connectivity index (χ1) is 9.31. The molecule has 0 aliphatic carbocycles. The van der Waals surface area contributed by atoms with Gasteiger partial charge in [-0.25, -0.2) is 0 Å². The number of hydrogen-bond donors (Lipinski definition) is 0. The van der Waals surface area contributed by atoms with E-state index >= 15 is 0 Å². The zero-order chi connectivity index (χ0) is 13.5. The third kappa shape index (κ3) is 4.05. The average molecular weight is 262 g/mol. The van der Waals surface area contributed by atoms with E-state index in [2.05, 4.69) is 0 Å². The predicted molar refractivity (Wildman–Crippen MR) is 72.3 cm³/mol. The molecule has 0 saturated carbocycles. The summed E-state index contributed by atoms with van der Waals surface area (Å²) in [5, 5.41) is 0. The zero-order valence-electron chi connectivity index (χ0n) is 10.6. The lowest BCUT2D eigenvalue weighted by molar-refractivity contribution is 0.478. The van der Waals surface area contributed by atoms with E-state index in [9.17, 15) is 8.78 Å². The van der Waals surface area contributed by atoms with Gasteiger partial charge < -0.3 is 4.74 Å². The first-order valence-electron chi connectivity index (χ1n) is 6.29. The summed E-state index contributed by atoms with van der Waals surface area (Å²) in [7, 11) is 0. The summed E-state index contributed by atoms with van der Waals surface area (Å²) in [4.78, 5) is 0.